The van der Waals surface area contributed by atoms with Crippen molar-refractivity contribution in [3.8, 4) is 11.4 Å². The summed E-state index contributed by atoms with van der Waals surface area (Å²) in [6.07, 6.45) is 6.27. The molecule has 2 bridgehead atoms. The summed E-state index contributed by atoms with van der Waals surface area (Å²) < 4.78 is 2.25. The van der Waals surface area contributed by atoms with E-state index in [1.54, 1.807) is 0 Å². The van der Waals surface area contributed by atoms with Crippen LogP contribution in [0.1, 0.15) is 37.9 Å². The van der Waals surface area contributed by atoms with E-state index in [1.165, 1.54) is 12.8 Å². The molecular weight excluding hydrogens is 300 g/mol. The molecule has 2 aliphatic heterocycles. The van der Waals surface area contributed by atoms with Gasteiger partial charge in [0.05, 0.1) is 6.04 Å². The standard InChI is InChI=1S/C19H22N4O/c24-18(10-13-6-7-13)23-15-8-9-16(23)12-22-17(11-15)20-21-19(22)14-4-2-1-3-5-14/h1-5,13,15-16H,6-12H2. The highest BCUT2D eigenvalue weighted by molar-refractivity contribution is 5.78. The molecule has 2 unspecified atom stereocenters. The smallest absolute Gasteiger partial charge is 0.223 e. The molecule has 1 aromatic carbocycles. The van der Waals surface area contributed by atoms with E-state index in [0.717, 1.165) is 49.4 Å². The molecule has 5 nitrogen and oxygen atoms in total. The third kappa shape index (κ3) is 2.34. The van der Waals surface area contributed by atoms with E-state index >= 15 is 0 Å². The van der Waals surface area contributed by atoms with Crippen LogP contribution in [0.3, 0.4) is 0 Å². The first-order chi connectivity index (χ1) is 11.8. The van der Waals surface area contributed by atoms with Gasteiger partial charge in [-0.15, -0.1) is 10.2 Å². The Kier molecular flexibility index (Phi) is 3.21. The number of aromatic nitrogens is 3. The number of amides is 1. The molecule has 1 saturated carbocycles. The van der Waals surface area contributed by atoms with Crippen LogP contribution in [0.4, 0.5) is 0 Å². The highest BCUT2D eigenvalue weighted by atomic mass is 16.2. The quantitative estimate of drug-likeness (QED) is 0.873. The lowest BCUT2D eigenvalue weighted by atomic mass is 10.1. The number of carbonyl (C=O) groups excluding carboxylic acids is 1. The number of hydrogen-bond donors (Lipinski definition) is 0. The molecule has 0 N–H and O–H groups in total. The fourth-order valence-electron chi connectivity index (χ4n) is 4.32. The minimum Gasteiger partial charge on any atom is -0.334 e. The van der Waals surface area contributed by atoms with E-state index in [9.17, 15) is 4.79 Å². The van der Waals surface area contributed by atoms with Crippen LogP contribution in [0, 0.1) is 5.92 Å². The summed E-state index contributed by atoms with van der Waals surface area (Å²) in [5.41, 5.74) is 1.10. The van der Waals surface area contributed by atoms with Gasteiger partial charge in [0.2, 0.25) is 5.91 Å². The average molecular weight is 322 g/mol. The molecule has 3 aliphatic rings. The summed E-state index contributed by atoms with van der Waals surface area (Å²) >= 11 is 0. The zero-order chi connectivity index (χ0) is 16.1. The fourth-order valence-corrected chi connectivity index (χ4v) is 4.32. The molecule has 2 atom stereocenters. The molecule has 3 heterocycles. The molecule has 0 spiro atoms. The first kappa shape index (κ1) is 14.2. The zero-order valence-electron chi connectivity index (χ0n) is 13.8. The number of fused-ring (bicyclic) bond motifs is 3. The molecule has 0 radical (unpaired) electrons. The maximum Gasteiger partial charge on any atom is 0.223 e. The summed E-state index contributed by atoms with van der Waals surface area (Å²) in [6.45, 7) is 0.833. The predicted molar refractivity (Wildman–Crippen MR) is 90.2 cm³/mol. The van der Waals surface area contributed by atoms with Crippen molar-refractivity contribution < 1.29 is 4.79 Å². The molecule has 1 aromatic heterocycles. The molecule has 5 rings (SSSR count). The van der Waals surface area contributed by atoms with Gasteiger partial charge in [-0.3, -0.25) is 4.79 Å². The normalized spacial score (nSPS) is 25.4. The highest BCUT2D eigenvalue weighted by Crippen LogP contribution is 2.37. The second kappa shape index (κ2) is 5.43. The van der Waals surface area contributed by atoms with Gasteiger partial charge in [0, 0.05) is 31.0 Å². The van der Waals surface area contributed by atoms with Gasteiger partial charge in [0.1, 0.15) is 5.82 Å². The Morgan fingerprint density at radius 2 is 1.83 bits per heavy atom. The van der Waals surface area contributed by atoms with Crippen LogP contribution in [0.2, 0.25) is 0 Å². The molecule has 5 heteroatoms. The lowest BCUT2D eigenvalue weighted by molar-refractivity contribution is -0.134. The molecule has 2 fully saturated rings. The Morgan fingerprint density at radius 1 is 1.04 bits per heavy atom. The lowest BCUT2D eigenvalue weighted by Gasteiger charge is -2.28. The van der Waals surface area contributed by atoms with Crippen molar-refractivity contribution in [2.24, 2.45) is 5.92 Å². The topological polar surface area (TPSA) is 51.0 Å². The van der Waals surface area contributed by atoms with Crippen LogP contribution in [-0.4, -0.2) is 37.7 Å². The van der Waals surface area contributed by atoms with Gasteiger partial charge in [-0.1, -0.05) is 30.3 Å². The molecule has 1 saturated heterocycles. The SMILES string of the molecule is O=C(CC1CC1)N1C2CCC1Cn1c(nnc1-c1ccccc1)C2. The largest absolute Gasteiger partial charge is 0.334 e. The number of carbonyl (C=O) groups is 1. The van der Waals surface area contributed by atoms with Crippen LogP contribution in [0.15, 0.2) is 30.3 Å². The van der Waals surface area contributed by atoms with Crippen LogP contribution >= 0.6 is 0 Å². The van der Waals surface area contributed by atoms with Crippen molar-refractivity contribution in [1.82, 2.24) is 19.7 Å². The Bertz CT molecular complexity index is 765. The third-order valence-electron chi connectivity index (χ3n) is 5.74. The van der Waals surface area contributed by atoms with E-state index in [2.05, 4.69) is 31.8 Å². The maximum atomic E-state index is 12.8. The van der Waals surface area contributed by atoms with Crippen molar-refractivity contribution in [3.63, 3.8) is 0 Å². The fraction of sp³-hybridized carbons (Fsp3) is 0.526. The Morgan fingerprint density at radius 3 is 2.62 bits per heavy atom. The molecule has 1 aliphatic carbocycles. The number of rotatable bonds is 3. The van der Waals surface area contributed by atoms with Crippen molar-refractivity contribution in [2.75, 3.05) is 0 Å². The van der Waals surface area contributed by atoms with Crippen LogP contribution < -0.4 is 0 Å². The Balaban J connectivity index is 1.46. The number of nitrogens with zero attached hydrogens (tertiary/aromatic N) is 4. The summed E-state index contributed by atoms with van der Waals surface area (Å²) in [6, 6.07) is 10.9. The van der Waals surface area contributed by atoms with Crippen LogP contribution in [-0.2, 0) is 17.8 Å². The van der Waals surface area contributed by atoms with E-state index in [4.69, 9.17) is 0 Å². The first-order valence-corrected chi connectivity index (χ1v) is 9.08. The highest BCUT2D eigenvalue weighted by Gasteiger charge is 2.42. The summed E-state index contributed by atoms with van der Waals surface area (Å²) in [5, 5.41) is 8.90. The maximum absolute atomic E-state index is 12.8. The number of hydrogen-bond acceptors (Lipinski definition) is 3. The van der Waals surface area contributed by atoms with Gasteiger partial charge >= 0.3 is 0 Å². The molecule has 2 aromatic rings. The monoisotopic (exact) mass is 322 g/mol. The van der Waals surface area contributed by atoms with Crippen molar-refractivity contribution in [2.45, 2.75) is 57.2 Å². The molecule has 124 valence electrons. The van der Waals surface area contributed by atoms with E-state index in [-0.39, 0.29) is 0 Å². The number of benzene rings is 1. The summed E-state index contributed by atoms with van der Waals surface area (Å²) in [5.74, 6) is 2.99. The second-order valence-electron chi connectivity index (χ2n) is 7.45. The van der Waals surface area contributed by atoms with Gasteiger partial charge in [-0.25, -0.2) is 0 Å². The van der Waals surface area contributed by atoms with Crippen LogP contribution in [0.25, 0.3) is 11.4 Å². The zero-order valence-corrected chi connectivity index (χ0v) is 13.8. The molecular formula is C19H22N4O. The van der Waals surface area contributed by atoms with Gasteiger partial charge in [0.15, 0.2) is 5.82 Å². The average Bonchev–Trinajstić information content (AvgIpc) is 3.23. The minimum atomic E-state index is 0.306. The summed E-state index contributed by atoms with van der Waals surface area (Å²) in [7, 11) is 0. The Hall–Kier alpha value is -2.17. The minimum absolute atomic E-state index is 0.306. The second-order valence-corrected chi connectivity index (χ2v) is 7.45. The van der Waals surface area contributed by atoms with Gasteiger partial charge in [0.25, 0.3) is 0 Å². The first-order valence-electron chi connectivity index (χ1n) is 9.08. The van der Waals surface area contributed by atoms with Crippen molar-refractivity contribution in [1.29, 1.82) is 0 Å². The molecule has 1 amide bonds. The van der Waals surface area contributed by atoms with E-state index in [1.807, 2.05) is 18.2 Å². The van der Waals surface area contributed by atoms with Gasteiger partial charge in [-0.05, 0) is 31.6 Å². The van der Waals surface area contributed by atoms with Gasteiger partial charge < -0.3 is 9.47 Å². The van der Waals surface area contributed by atoms with Crippen LogP contribution in [0.5, 0.6) is 0 Å². The predicted octanol–water partition coefficient (Wildman–Crippen LogP) is 2.66. The molecule has 24 heavy (non-hydrogen) atoms. The summed E-state index contributed by atoms with van der Waals surface area (Å²) in [4.78, 5) is 15.0. The third-order valence-corrected chi connectivity index (χ3v) is 5.74. The Labute approximate surface area is 141 Å². The van der Waals surface area contributed by atoms with Crippen molar-refractivity contribution in [3.05, 3.63) is 36.2 Å². The van der Waals surface area contributed by atoms with E-state index in [0.29, 0.717) is 23.9 Å². The van der Waals surface area contributed by atoms with Gasteiger partial charge in [-0.2, -0.15) is 0 Å². The van der Waals surface area contributed by atoms with E-state index < -0.39 is 0 Å². The lowest BCUT2D eigenvalue weighted by Crippen LogP contribution is -2.42. The van der Waals surface area contributed by atoms with Crippen molar-refractivity contribution >= 4 is 5.91 Å².